The van der Waals surface area contributed by atoms with Gasteiger partial charge in [-0.1, -0.05) is 30.3 Å². The van der Waals surface area contributed by atoms with Gasteiger partial charge in [-0.05, 0) is 95.0 Å². The van der Waals surface area contributed by atoms with Crippen LogP contribution in [0.5, 0.6) is 17.2 Å². The molecule has 0 saturated heterocycles. The van der Waals surface area contributed by atoms with Gasteiger partial charge in [-0.2, -0.15) is 5.11 Å². The van der Waals surface area contributed by atoms with E-state index in [2.05, 4.69) is 10.2 Å². The van der Waals surface area contributed by atoms with Crippen molar-refractivity contribution in [1.82, 2.24) is 4.90 Å². The maximum atomic E-state index is 13.0. The molecule has 0 spiro atoms. The fraction of sp³-hybridized carbons (Fsp3) is 0.394. The molecular formula is C33H41N3O5. The summed E-state index contributed by atoms with van der Waals surface area (Å²) < 4.78 is 17.3. The molecule has 8 heteroatoms. The van der Waals surface area contributed by atoms with Crippen molar-refractivity contribution >= 4 is 11.8 Å². The Balaban J connectivity index is 1.35. The smallest absolute Gasteiger partial charge is 0.295 e. The van der Waals surface area contributed by atoms with Crippen LogP contribution in [-0.4, -0.2) is 49.1 Å². The molecule has 3 aromatic rings. The van der Waals surface area contributed by atoms with Crippen LogP contribution in [0.2, 0.25) is 0 Å². The number of hydrogen-bond acceptors (Lipinski definition) is 6. The molecule has 218 valence electrons. The molecule has 0 aliphatic rings. The highest BCUT2D eigenvalue weighted by Crippen LogP contribution is 2.29. The van der Waals surface area contributed by atoms with Gasteiger partial charge < -0.3 is 19.1 Å². The first-order valence-electron chi connectivity index (χ1n) is 14.1. The Kier molecular flexibility index (Phi) is 12.3. The molecule has 8 nitrogen and oxygen atoms in total. The molecule has 2 amide bonds. The number of carbonyl (C=O) groups is 2. The van der Waals surface area contributed by atoms with Gasteiger partial charge in [0.15, 0.2) is 11.5 Å². The second-order valence-corrected chi connectivity index (χ2v) is 10.2. The Bertz CT molecular complexity index is 1270. The average Bonchev–Trinajstić information content (AvgIpc) is 2.97. The molecule has 0 bridgehead atoms. The summed E-state index contributed by atoms with van der Waals surface area (Å²) in [6.07, 6.45) is 2.71. The summed E-state index contributed by atoms with van der Waals surface area (Å²) in [5.41, 5.74) is 2.06. The van der Waals surface area contributed by atoms with Crippen LogP contribution in [0.4, 0.5) is 0 Å². The van der Waals surface area contributed by atoms with Crippen LogP contribution in [0.15, 0.2) is 83.0 Å². The number of methoxy groups -OCH3 is 1. The zero-order chi connectivity index (χ0) is 29.6. The normalized spacial score (nSPS) is 11.2. The van der Waals surface area contributed by atoms with E-state index in [9.17, 15) is 9.59 Å². The summed E-state index contributed by atoms with van der Waals surface area (Å²) in [4.78, 5) is 26.8. The molecule has 0 unspecified atom stereocenters. The highest BCUT2D eigenvalue weighted by molar-refractivity contribution is 5.95. The van der Waals surface area contributed by atoms with Gasteiger partial charge in [0, 0.05) is 23.2 Å². The summed E-state index contributed by atoms with van der Waals surface area (Å²) in [5.74, 6) is 1.61. The zero-order valence-corrected chi connectivity index (χ0v) is 24.7. The van der Waals surface area contributed by atoms with Gasteiger partial charge in [0.25, 0.3) is 11.8 Å². The number of unbranched alkanes of at least 4 members (excludes halogenated alkanes) is 2. The van der Waals surface area contributed by atoms with Gasteiger partial charge >= 0.3 is 0 Å². The van der Waals surface area contributed by atoms with E-state index < -0.39 is 0 Å². The highest BCUT2D eigenvalue weighted by atomic mass is 16.5. The maximum Gasteiger partial charge on any atom is 0.295 e. The van der Waals surface area contributed by atoms with Crippen LogP contribution in [0.25, 0.3) is 0 Å². The minimum atomic E-state index is -0.347. The molecule has 3 rings (SSSR count). The summed E-state index contributed by atoms with van der Waals surface area (Å²) >= 11 is 0. The van der Waals surface area contributed by atoms with Crippen molar-refractivity contribution < 1.29 is 23.8 Å². The van der Waals surface area contributed by atoms with Gasteiger partial charge in [-0.3, -0.25) is 9.59 Å². The first kappa shape index (κ1) is 31.3. The molecule has 0 atom stereocenters. The summed E-state index contributed by atoms with van der Waals surface area (Å²) in [5, 5.41) is 7.79. The second kappa shape index (κ2) is 16.2. The molecule has 0 heterocycles. The Labute approximate surface area is 243 Å². The lowest BCUT2D eigenvalue weighted by atomic mass is 10.1. The number of amides is 2. The largest absolute Gasteiger partial charge is 0.494 e. The van der Waals surface area contributed by atoms with Crippen molar-refractivity contribution in [3.05, 3.63) is 89.5 Å². The van der Waals surface area contributed by atoms with E-state index in [1.807, 2.05) is 62.9 Å². The first-order chi connectivity index (χ1) is 19.8. The Hall–Kier alpha value is -4.20. The minimum Gasteiger partial charge on any atom is -0.494 e. The van der Waals surface area contributed by atoms with Crippen LogP contribution in [0, 0.1) is 0 Å². The molecule has 0 saturated carbocycles. The zero-order valence-electron chi connectivity index (χ0n) is 24.7. The molecular weight excluding hydrogens is 518 g/mol. The molecule has 3 aromatic carbocycles. The van der Waals surface area contributed by atoms with Crippen molar-refractivity contribution in [3.63, 3.8) is 0 Å². The molecule has 0 fully saturated rings. The molecule has 0 aromatic heterocycles. The fourth-order valence-electron chi connectivity index (χ4n) is 4.40. The molecule has 41 heavy (non-hydrogen) atoms. The molecule has 0 radical (unpaired) electrons. The number of rotatable bonds is 15. The Morgan fingerprint density at radius 3 is 2.05 bits per heavy atom. The predicted octanol–water partition coefficient (Wildman–Crippen LogP) is 7.37. The number of carbonyl (C=O) groups excluding carboxylic acids is 2. The predicted molar refractivity (Wildman–Crippen MR) is 160 cm³/mol. The summed E-state index contributed by atoms with van der Waals surface area (Å²) in [6, 6.07) is 22.1. The van der Waals surface area contributed by atoms with Crippen LogP contribution >= 0.6 is 0 Å². The maximum absolute atomic E-state index is 13.0. The summed E-state index contributed by atoms with van der Waals surface area (Å²) in [6.45, 7) is 9.54. The van der Waals surface area contributed by atoms with E-state index in [0.717, 1.165) is 30.6 Å². The Morgan fingerprint density at radius 1 is 0.756 bits per heavy atom. The van der Waals surface area contributed by atoms with Crippen molar-refractivity contribution in [2.24, 2.45) is 10.2 Å². The average molecular weight is 560 g/mol. The number of nitrogens with zero attached hydrogens (tertiary/aromatic N) is 3. The fourth-order valence-corrected chi connectivity index (χ4v) is 4.40. The SMILES string of the molecule is COc1cc(C(=O)N(C(C)C)C(C)C)ccc1OCCCCCOc1ccc(CN=NC(=O)c2ccccc2)cc1. The van der Waals surface area contributed by atoms with E-state index in [-0.39, 0.29) is 23.9 Å². The number of ether oxygens (including phenoxy) is 3. The van der Waals surface area contributed by atoms with E-state index in [1.54, 1.807) is 49.6 Å². The third kappa shape index (κ3) is 9.74. The topological polar surface area (TPSA) is 89.8 Å². The summed E-state index contributed by atoms with van der Waals surface area (Å²) in [7, 11) is 1.58. The van der Waals surface area contributed by atoms with Crippen molar-refractivity contribution in [2.75, 3.05) is 20.3 Å². The van der Waals surface area contributed by atoms with Gasteiger partial charge in [0.1, 0.15) is 5.75 Å². The quantitative estimate of drug-likeness (QED) is 0.143. The van der Waals surface area contributed by atoms with Crippen LogP contribution in [0.3, 0.4) is 0 Å². The molecule has 0 aliphatic heterocycles. The third-order valence-electron chi connectivity index (χ3n) is 6.43. The van der Waals surface area contributed by atoms with Crippen LogP contribution < -0.4 is 14.2 Å². The standard InChI is InChI=1S/C33H41N3O5/c1-24(2)36(25(3)4)33(38)28-16-19-30(31(22-28)39-5)41-21-11-7-10-20-40-29-17-14-26(15-18-29)23-34-35-32(37)27-12-8-6-9-13-27/h6,8-9,12-19,22,24-25H,7,10-11,20-21,23H2,1-5H3. The molecule has 0 N–H and O–H groups in total. The number of hydrogen-bond donors (Lipinski definition) is 0. The number of benzene rings is 3. The van der Waals surface area contributed by atoms with Crippen LogP contribution in [-0.2, 0) is 6.54 Å². The lowest BCUT2D eigenvalue weighted by Gasteiger charge is -2.31. The lowest BCUT2D eigenvalue weighted by molar-refractivity contribution is 0.0643. The van der Waals surface area contributed by atoms with Gasteiger partial charge in [0.2, 0.25) is 0 Å². The van der Waals surface area contributed by atoms with E-state index in [4.69, 9.17) is 14.2 Å². The van der Waals surface area contributed by atoms with Crippen LogP contribution in [0.1, 0.15) is 73.2 Å². The van der Waals surface area contributed by atoms with E-state index in [0.29, 0.717) is 42.4 Å². The third-order valence-corrected chi connectivity index (χ3v) is 6.43. The van der Waals surface area contributed by atoms with Gasteiger partial charge in [-0.25, -0.2) is 0 Å². The Morgan fingerprint density at radius 2 is 1.41 bits per heavy atom. The molecule has 0 aliphatic carbocycles. The van der Waals surface area contributed by atoms with Crippen molar-refractivity contribution in [2.45, 2.75) is 65.6 Å². The lowest BCUT2D eigenvalue weighted by Crippen LogP contribution is -2.42. The number of azo groups is 1. The monoisotopic (exact) mass is 559 g/mol. The van der Waals surface area contributed by atoms with Gasteiger partial charge in [-0.15, -0.1) is 5.11 Å². The van der Waals surface area contributed by atoms with Crippen molar-refractivity contribution in [1.29, 1.82) is 0 Å². The van der Waals surface area contributed by atoms with Crippen molar-refractivity contribution in [3.8, 4) is 17.2 Å². The van der Waals surface area contributed by atoms with E-state index in [1.165, 1.54) is 0 Å². The second-order valence-electron chi connectivity index (χ2n) is 10.2. The minimum absolute atomic E-state index is 0.0182. The first-order valence-corrected chi connectivity index (χ1v) is 14.1. The van der Waals surface area contributed by atoms with Gasteiger partial charge in [0.05, 0.1) is 26.9 Å². The highest BCUT2D eigenvalue weighted by Gasteiger charge is 2.22. The van der Waals surface area contributed by atoms with E-state index >= 15 is 0 Å².